The minimum absolute atomic E-state index is 0.279. The molecule has 1 nitrogen and oxygen atoms in total. The largest absolute Gasteiger partial charge is 0.389 e. The van der Waals surface area contributed by atoms with E-state index in [0.717, 1.165) is 25.0 Å². The normalized spacial score (nSPS) is 21.4. The van der Waals surface area contributed by atoms with E-state index in [0.29, 0.717) is 18.4 Å². The number of halogens is 2. The van der Waals surface area contributed by atoms with Crippen LogP contribution in [0.5, 0.6) is 0 Å². The number of hydrogen-bond donors (Lipinski definition) is 1. The van der Waals surface area contributed by atoms with Crippen molar-refractivity contribution in [3.05, 3.63) is 41.5 Å². The first-order valence-corrected chi connectivity index (χ1v) is 5.51. The summed E-state index contributed by atoms with van der Waals surface area (Å²) in [6.07, 6.45) is 4.31. The Morgan fingerprint density at radius 2 is 2.00 bits per heavy atom. The maximum Gasteiger partial charge on any atom is 0.130 e. The SMILES string of the molecule is OC1C=C(c2cc(F)ccc2F)CCCC1. The summed E-state index contributed by atoms with van der Waals surface area (Å²) in [5, 5.41) is 9.59. The first-order chi connectivity index (χ1) is 7.66. The fraction of sp³-hybridized carbons (Fsp3) is 0.385. The third kappa shape index (κ3) is 2.47. The van der Waals surface area contributed by atoms with E-state index in [1.807, 2.05) is 0 Å². The van der Waals surface area contributed by atoms with Crippen molar-refractivity contribution in [2.75, 3.05) is 0 Å². The zero-order valence-corrected chi connectivity index (χ0v) is 8.92. The van der Waals surface area contributed by atoms with Gasteiger partial charge in [-0.25, -0.2) is 8.78 Å². The van der Waals surface area contributed by atoms with Gasteiger partial charge in [0.1, 0.15) is 11.6 Å². The molecule has 0 fully saturated rings. The van der Waals surface area contributed by atoms with Crippen molar-refractivity contribution in [3.63, 3.8) is 0 Å². The van der Waals surface area contributed by atoms with Gasteiger partial charge in [-0.1, -0.05) is 12.5 Å². The molecule has 1 atom stereocenters. The Balaban J connectivity index is 2.38. The molecule has 0 aromatic heterocycles. The van der Waals surface area contributed by atoms with Crippen LogP contribution in [0.25, 0.3) is 5.57 Å². The van der Waals surface area contributed by atoms with E-state index in [4.69, 9.17) is 0 Å². The van der Waals surface area contributed by atoms with Gasteiger partial charge >= 0.3 is 0 Å². The Bertz CT molecular complexity index is 412. The lowest BCUT2D eigenvalue weighted by Crippen LogP contribution is -2.00. The summed E-state index contributed by atoms with van der Waals surface area (Å²) in [5.41, 5.74) is 0.989. The molecule has 1 aliphatic carbocycles. The summed E-state index contributed by atoms with van der Waals surface area (Å²) in [4.78, 5) is 0. The van der Waals surface area contributed by atoms with Crippen LogP contribution < -0.4 is 0 Å². The van der Waals surface area contributed by atoms with Crippen LogP contribution >= 0.6 is 0 Å². The molecule has 0 aliphatic heterocycles. The highest BCUT2D eigenvalue weighted by Crippen LogP contribution is 2.28. The molecule has 1 aliphatic rings. The number of benzene rings is 1. The molecule has 0 saturated carbocycles. The first-order valence-electron chi connectivity index (χ1n) is 5.51. The van der Waals surface area contributed by atoms with Gasteiger partial charge in [0.2, 0.25) is 0 Å². The van der Waals surface area contributed by atoms with Gasteiger partial charge in [-0.3, -0.25) is 0 Å². The van der Waals surface area contributed by atoms with Gasteiger partial charge in [0, 0.05) is 5.56 Å². The van der Waals surface area contributed by atoms with Gasteiger partial charge in [0.05, 0.1) is 6.10 Å². The topological polar surface area (TPSA) is 20.2 Å². The summed E-state index contributed by atoms with van der Waals surface area (Å²) in [6, 6.07) is 3.43. The molecule has 0 bridgehead atoms. The lowest BCUT2D eigenvalue weighted by atomic mass is 10.0. The quantitative estimate of drug-likeness (QED) is 0.776. The molecular formula is C13H14F2O. The highest BCUT2D eigenvalue weighted by atomic mass is 19.1. The van der Waals surface area contributed by atoms with Crippen LogP contribution in [0.1, 0.15) is 31.2 Å². The van der Waals surface area contributed by atoms with Crippen molar-refractivity contribution in [2.24, 2.45) is 0 Å². The minimum Gasteiger partial charge on any atom is -0.389 e. The smallest absolute Gasteiger partial charge is 0.130 e. The van der Waals surface area contributed by atoms with Crippen molar-refractivity contribution >= 4 is 5.57 Å². The van der Waals surface area contributed by atoms with Gasteiger partial charge in [-0.2, -0.15) is 0 Å². The van der Waals surface area contributed by atoms with Crippen LogP contribution in [-0.2, 0) is 0 Å². The maximum atomic E-state index is 13.5. The van der Waals surface area contributed by atoms with Gasteiger partial charge in [0.25, 0.3) is 0 Å². The lowest BCUT2D eigenvalue weighted by molar-refractivity contribution is 0.211. The molecule has 1 N–H and O–H groups in total. The van der Waals surface area contributed by atoms with Crippen LogP contribution in [0.3, 0.4) is 0 Å². The Morgan fingerprint density at radius 1 is 1.19 bits per heavy atom. The average Bonchev–Trinajstić information content (AvgIpc) is 2.46. The highest BCUT2D eigenvalue weighted by Gasteiger charge is 2.14. The van der Waals surface area contributed by atoms with Crippen LogP contribution in [-0.4, -0.2) is 11.2 Å². The standard InChI is InChI=1S/C13H14F2O/c14-10-5-6-13(15)12(8-10)9-3-1-2-4-11(16)7-9/h5-8,11,16H,1-4H2. The summed E-state index contributed by atoms with van der Waals surface area (Å²) < 4.78 is 26.6. The van der Waals surface area contributed by atoms with Crippen LogP contribution in [0.2, 0.25) is 0 Å². The van der Waals surface area contributed by atoms with E-state index in [-0.39, 0.29) is 5.56 Å². The van der Waals surface area contributed by atoms with E-state index in [1.54, 1.807) is 6.08 Å². The lowest BCUT2D eigenvalue weighted by Gasteiger charge is -2.08. The number of hydrogen-bond acceptors (Lipinski definition) is 1. The third-order valence-corrected chi connectivity index (χ3v) is 2.86. The van der Waals surface area contributed by atoms with Crippen LogP contribution in [0, 0.1) is 11.6 Å². The summed E-state index contributed by atoms with van der Waals surface area (Å²) >= 11 is 0. The molecule has 3 heteroatoms. The van der Waals surface area contributed by atoms with Gasteiger partial charge in [0.15, 0.2) is 0 Å². The van der Waals surface area contributed by atoms with Crippen LogP contribution in [0.15, 0.2) is 24.3 Å². The van der Waals surface area contributed by atoms with Gasteiger partial charge < -0.3 is 5.11 Å². The predicted octanol–water partition coefficient (Wildman–Crippen LogP) is 3.28. The molecule has 0 radical (unpaired) electrons. The average molecular weight is 224 g/mol. The second-order valence-corrected chi connectivity index (χ2v) is 4.13. The van der Waals surface area contributed by atoms with Crippen molar-refractivity contribution in [1.29, 1.82) is 0 Å². The zero-order valence-electron chi connectivity index (χ0n) is 8.92. The molecule has 0 saturated heterocycles. The van der Waals surface area contributed by atoms with Crippen molar-refractivity contribution in [1.82, 2.24) is 0 Å². The van der Waals surface area contributed by atoms with E-state index < -0.39 is 17.7 Å². The summed E-state index contributed by atoms with van der Waals surface area (Å²) in [6.45, 7) is 0. The first kappa shape index (κ1) is 11.3. The van der Waals surface area contributed by atoms with Gasteiger partial charge in [-0.15, -0.1) is 0 Å². The third-order valence-electron chi connectivity index (χ3n) is 2.86. The Kier molecular flexibility index (Phi) is 3.34. The predicted molar refractivity (Wildman–Crippen MR) is 58.8 cm³/mol. The zero-order chi connectivity index (χ0) is 11.5. The molecule has 1 aromatic rings. The van der Waals surface area contributed by atoms with Gasteiger partial charge in [-0.05, 0) is 43.0 Å². The Hall–Kier alpha value is -1.22. The molecule has 1 unspecified atom stereocenters. The van der Waals surface area contributed by atoms with E-state index in [9.17, 15) is 13.9 Å². The molecular weight excluding hydrogens is 210 g/mol. The molecule has 2 rings (SSSR count). The fourth-order valence-electron chi connectivity index (χ4n) is 2.04. The molecule has 16 heavy (non-hydrogen) atoms. The van der Waals surface area contributed by atoms with Crippen molar-refractivity contribution in [2.45, 2.75) is 31.8 Å². The highest BCUT2D eigenvalue weighted by molar-refractivity contribution is 5.66. The van der Waals surface area contributed by atoms with E-state index in [1.165, 1.54) is 6.07 Å². The van der Waals surface area contributed by atoms with Crippen LogP contribution in [0.4, 0.5) is 8.78 Å². The molecule has 0 amide bonds. The molecule has 0 heterocycles. The number of aliphatic hydroxyl groups excluding tert-OH is 1. The molecule has 0 spiro atoms. The van der Waals surface area contributed by atoms with Crippen molar-refractivity contribution < 1.29 is 13.9 Å². The number of rotatable bonds is 1. The van der Waals surface area contributed by atoms with E-state index in [2.05, 4.69) is 0 Å². The van der Waals surface area contributed by atoms with Crippen molar-refractivity contribution in [3.8, 4) is 0 Å². The number of allylic oxidation sites excluding steroid dienone is 1. The second kappa shape index (κ2) is 4.74. The minimum atomic E-state index is -0.542. The maximum absolute atomic E-state index is 13.5. The summed E-state index contributed by atoms with van der Waals surface area (Å²) in [7, 11) is 0. The monoisotopic (exact) mass is 224 g/mol. The Morgan fingerprint density at radius 3 is 2.81 bits per heavy atom. The molecule has 86 valence electrons. The second-order valence-electron chi connectivity index (χ2n) is 4.13. The summed E-state index contributed by atoms with van der Waals surface area (Å²) in [5.74, 6) is -0.877. The van der Waals surface area contributed by atoms with E-state index >= 15 is 0 Å². The molecule has 1 aromatic carbocycles. The Labute approximate surface area is 93.4 Å². The number of aliphatic hydroxyl groups is 1. The fourth-order valence-corrected chi connectivity index (χ4v) is 2.04.